The zero-order valence-electron chi connectivity index (χ0n) is 13.4. The molecule has 136 valence electrons. The maximum Gasteiger partial charge on any atom is 0.170 e. The number of hydrogen-bond donors (Lipinski definition) is 1. The molecule has 25 heavy (non-hydrogen) atoms. The Hall–Kier alpha value is -1.29. The van der Waals surface area contributed by atoms with Crippen LogP contribution < -0.4 is 0 Å². The molecule has 1 fully saturated rings. The summed E-state index contributed by atoms with van der Waals surface area (Å²) >= 11 is 4.73. The Morgan fingerprint density at radius 3 is 2.80 bits per heavy atom. The summed E-state index contributed by atoms with van der Waals surface area (Å²) in [4.78, 5) is 0. The molecule has 1 aromatic carbocycles. The molecule has 9 heteroatoms. The van der Waals surface area contributed by atoms with Gasteiger partial charge in [0, 0.05) is 25.4 Å². The fourth-order valence-corrected chi connectivity index (χ4v) is 4.04. The highest BCUT2D eigenvalue weighted by molar-refractivity contribution is 9.10. The Balaban J connectivity index is 0.00000225. The second-order valence-corrected chi connectivity index (χ2v) is 7.55. The third kappa shape index (κ3) is 5.34. The number of ether oxygens (including phenoxy) is 1. The van der Waals surface area contributed by atoms with E-state index in [1.165, 1.54) is 6.07 Å². The fourth-order valence-electron chi connectivity index (χ4n) is 2.51. The van der Waals surface area contributed by atoms with Gasteiger partial charge in [-0.1, -0.05) is 6.07 Å². The first kappa shape index (κ1) is 20.0. The molecule has 0 atom stereocenters. The smallest absolute Gasteiger partial charge is 0.170 e. The van der Waals surface area contributed by atoms with Crippen molar-refractivity contribution < 1.29 is 19.2 Å². The van der Waals surface area contributed by atoms with E-state index in [2.05, 4.69) is 26.2 Å². The van der Waals surface area contributed by atoms with Crippen LogP contribution in [-0.2, 0) is 11.2 Å². The quantitative estimate of drug-likeness (QED) is 0.558. The lowest BCUT2D eigenvalue weighted by Crippen LogP contribution is -2.17. The third-order valence-electron chi connectivity index (χ3n) is 3.91. The number of halogens is 2. The minimum Gasteiger partial charge on any atom is -0.412 e. The van der Waals surface area contributed by atoms with Crippen molar-refractivity contribution >= 4 is 33.4 Å². The fraction of sp³-hybridized carbons (Fsp3) is 0.438. The lowest BCUT2D eigenvalue weighted by molar-refractivity contribution is 0.0728. The van der Waals surface area contributed by atoms with Gasteiger partial charge in [0.2, 0.25) is 0 Å². The van der Waals surface area contributed by atoms with E-state index in [4.69, 9.17) is 14.8 Å². The van der Waals surface area contributed by atoms with Crippen LogP contribution in [0, 0.1) is 17.1 Å². The van der Waals surface area contributed by atoms with Gasteiger partial charge in [0.15, 0.2) is 10.7 Å². The molecule has 0 amide bonds. The first-order valence-electron chi connectivity index (χ1n) is 7.68. The molecule has 1 saturated heterocycles. The zero-order valence-corrected chi connectivity index (χ0v) is 15.8. The van der Waals surface area contributed by atoms with Crippen LogP contribution in [-0.4, -0.2) is 40.5 Å². The highest BCUT2D eigenvalue weighted by Crippen LogP contribution is 2.27. The van der Waals surface area contributed by atoms with E-state index in [9.17, 15) is 4.39 Å². The molecule has 0 radical (unpaired) electrons. The minimum atomic E-state index is -0.318. The van der Waals surface area contributed by atoms with Crippen molar-refractivity contribution in [3.8, 4) is 0 Å². The average Bonchev–Trinajstić information content (AvgIpc) is 3.06. The summed E-state index contributed by atoms with van der Waals surface area (Å²) in [5.74, 6) is 1.19. The molecule has 2 heterocycles. The summed E-state index contributed by atoms with van der Waals surface area (Å²) in [6, 6.07) is 4.72. The summed E-state index contributed by atoms with van der Waals surface area (Å²) in [5.41, 5.74) is 1.60. The second-order valence-electron chi connectivity index (χ2n) is 5.69. The number of nitrogens with one attached hydrogen (secondary N) is 1. The van der Waals surface area contributed by atoms with E-state index >= 15 is 0 Å². The van der Waals surface area contributed by atoms with Gasteiger partial charge in [0.05, 0.1) is 10.2 Å². The monoisotopic (exact) mass is 431 g/mol. The van der Waals surface area contributed by atoms with Gasteiger partial charge in [-0.25, -0.2) is 9.02 Å². The van der Waals surface area contributed by atoms with Crippen LogP contribution in [0.1, 0.15) is 24.1 Å². The minimum absolute atomic E-state index is 0. The summed E-state index contributed by atoms with van der Waals surface area (Å²) < 4.78 is 23.9. The highest BCUT2D eigenvalue weighted by atomic mass is 79.9. The van der Waals surface area contributed by atoms with E-state index in [1.54, 1.807) is 23.9 Å². The van der Waals surface area contributed by atoms with E-state index in [0.717, 1.165) is 37.4 Å². The molecule has 3 N–H and O–H groups in total. The van der Waals surface area contributed by atoms with Crippen LogP contribution in [0.5, 0.6) is 0 Å². The Morgan fingerprint density at radius 1 is 1.32 bits per heavy atom. The highest BCUT2D eigenvalue weighted by Gasteiger charge is 2.20. The second kappa shape index (κ2) is 9.42. The first-order chi connectivity index (χ1) is 11.6. The Kier molecular flexibility index (Phi) is 7.55. The Bertz CT molecular complexity index is 722. The van der Waals surface area contributed by atoms with Crippen molar-refractivity contribution in [2.24, 2.45) is 5.92 Å². The number of hydrogen-bond acceptors (Lipinski definition) is 6. The molecular weight excluding hydrogens is 413 g/mol. The Labute approximate surface area is 157 Å². The number of nitrogens with zero attached hydrogens (tertiary/aromatic N) is 2. The van der Waals surface area contributed by atoms with E-state index < -0.39 is 0 Å². The number of thioether (sulfide) groups is 1. The number of benzene rings is 1. The Morgan fingerprint density at radius 2 is 2.08 bits per heavy atom. The molecule has 0 unspecified atom stereocenters. The van der Waals surface area contributed by atoms with Crippen molar-refractivity contribution in [3.05, 3.63) is 39.7 Å². The van der Waals surface area contributed by atoms with Gasteiger partial charge in [-0.05, 0) is 62.7 Å². The first-order valence-corrected chi connectivity index (χ1v) is 9.46. The molecule has 1 aliphatic heterocycles. The van der Waals surface area contributed by atoms with Crippen LogP contribution >= 0.6 is 27.7 Å². The molecule has 0 aliphatic carbocycles. The maximum absolute atomic E-state index is 13.3. The van der Waals surface area contributed by atoms with Crippen LogP contribution in [0.15, 0.2) is 32.3 Å². The molecule has 2 aromatic rings. The molecule has 0 saturated carbocycles. The van der Waals surface area contributed by atoms with Gasteiger partial charge in [0.1, 0.15) is 5.82 Å². The predicted molar refractivity (Wildman–Crippen MR) is 96.8 cm³/mol. The lowest BCUT2D eigenvalue weighted by atomic mass is 10.0. The van der Waals surface area contributed by atoms with Crippen molar-refractivity contribution in [1.29, 1.82) is 5.41 Å². The summed E-state index contributed by atoms with van der Waals surface area (Å²) in [7, 11) is 0. The molecule has 1 aliphatic rings. The van der Waals surface area contributed by atoms with Gasteiger partial charge >= 0.3 is 0 Å². The molecule has 0 spiro atoms. The normalized spacial score (nSPS) is 15.0. The molecule has 1 aromatic heterocycles. The standard InChI is InChI=1S/C16H17BrFN3O2S.H2O/c17-12-7-11(1-2-13(12)18)8-14(19)15-16(21-23-20-15)24-9-10-3-5-22-6-4-10;/h1-2,7,10,19H,3-6,8-9H2;1H2. The van der Waals surface area contributed by atoms with Crippen molar-refractivity contribution in [3.63, 3.8) is 0 Å². The van der Waals surface area contributed by atoms with Crippen LogP contribution in [0.4, 0.5) is 4.39 Å². The van der Waals surface area contributed by atoms with Gasteiger partial charge in [0.25, 0.3) is 0 Å². The lowest BCUT2D eigenvalue weighted by Gasteiger charge is -2.20. The molecule has 3 rings (SSSR count). The van der Waals surface area contributed by atoms with Gasteiger partial charge < -0.3 is 15.6 Å². The van der Waals surface area contributed by atoms with E-state index in [0.29, 0.717) is 33.2 Å². The largest absolute Gasteiger partial charge is 0.412 e. The summed E-state index contributed by atoms with van der Waals surface area (Å²) in [6.45, 7) is 1.62. The average molecular weight is 432 g/mol. The van der Waals surface area contributed by atoms with Gasteiger partial charge in [-0.2, -0.15) is 0 Å². The van der Waals surface area contributed by atoms with Crippen molar-refractivity contribution in [2.75, 3.05) is 19.0 Å². The topological polar surface area (TPSA) is 104 Å². The molecule has 6 nitrogen and oxygen atoms in total. The molecular formula is C16H19BrFN3O3S. The molecule has 0 bridgehead atoms. The van der Waals surface area contributed by atoms with E-state index in [-0.39, 0.29) is 11.3 Å². The van der Waals surface area contributed by atoms with Gasteiger partial charge in [-0.15, -0.1) is 11.8 Å². The zero-order chi connectivity index (χ0) is 16.9. The van der Waals surface area contributed by atoms with Crippen molar-refractivity contribution in [1.82, 2.24) is 10.3 Å². The predicted octanol–water partition coefficient (Wildman–Crippen LogP) is 3.28. The van der Waals surface area contributed by atoms with Gasteiger partial charge in [-0.3, -0.25) is 0 Å². The van der Waals surface area contributed by atoms with Crippen molar-refractivity contribution in [2.45, 2.75) is 24.3 Å². The summed E-state index contributed by atoms with van der Waals surface area (Å²) in [5, 5.41) is 16.7. The van der Waals surface area contributed by atoms with Crippen LogP contribution in [0.2, 0.25) is 0 Å². The number of aromatic nitrogens is 2. The van der Waals surface area contributed by atoms with Crippen LogP contribution in [0.3, 0.4) is 0 Å². The third-order valence-corrected chi connectivity index (χ3v) is 5.69. The van der Waals surface area contributed by atoms with Crippen LogP contribution in [0.25, 0.3) is 0 Å². The summed E-state index contributed by atoms with van der Waals surface area (Å²) in [6.07, 6.45) is 2.45. The SMILES string of the molecule is N=C(Cc1ccc(F)c(Br)c1)c1nonc1SCC1CCOCC1.O. The number of rotatable bonds is 6. The van der Waals surface area contributed by atoms with E-state index in [1.807, 2.05) is 0 Å². The maximum atomic E-state index is 13.3.